The molecule has 1 saturated heterocycles. The molecule has 0 N–H and O–H groups in total. The van der Waals surface area contributed by atoms with E-state index in [4.69, 9.17) is 14.2 Å². The Morgan fingerprint density at radius 3 is 2.61 bits per heavy atom. The Balaban J connectivity index is 1.05. The van der Waals surface area contributed by atoms with Gasteiger partial charge in [-0.2, -0.15) is 0 Å². The predicted octanol–water partition coefficient (Wildman–Crippen LogP) is 6.11. The van der Waals surface area contributed by atoms with E-state index in [0.717, 1.165) is 45.6 Å². The number of halogens is 2. The number of pyridine rings is 1. The van der Waals surface area contributed by atoms with Gasteiger partial charge in [-0.1, -0.05) is 18.2 Å². The van der Waals surface area contributed by atoms with Crippen molar-refractivity contribution < 1.29 is 27.8 Å². The second-order valence-electron chi connectivity index (χ2n) is 11.6. The van der Waals surface area contributed by atoms with Crippen LogP contribution >= 0.6 is 0 Å². The van der Waals surface area contributed by atoms with Crippen molar-refractivity contribution in [3.05, 3.63) is 76.5 Å². The lowest BCUT2D eigenvalue weighted by Gasteiger charge is -2.38. The van der Waals surface area contributed by atoms with Crippen LogP contribution in [0.1, 0.15) is 47.1 Å². The number of aromatic nitrogens is 1. The average molecular weight is 563 g/mol. The highest BCUT2D eigenvalue weighted by Crippen LogP contribution is 2.61. The maximum atomic E-state index is 13.0. The minimum atomic E-state index is -2.52. The van der Waals surface area contributed by atoms with Crippen molar-refractivity contribution in [1.82, 2.24) is 9.88 Å². The summed E-state index contributed by atoms with van der Waals surface area (Å²) in [7, 11) is 0. The smallest absolute Gasteiger partial charge is 0.309 e. The van der Waals surface area contributed by atoms with Gasteiger partial charge in [-0.25, -0.2) is 13.8 Å². The molecule has 0 amide bonds. The number of carbonyl (C=O) groups excluding carboxylic acids is 1. The van der Waals surface area contributed by atoms with E-state index in [2.05, 4.69) is 31.0 Å². The lowest BCUT2D eigenvalue weighted by molar-refractivity contribution is -0.145. The molecule has 3 atom stereocenters. The van der Waals surface area contributed by atoms with Crippen LogP contribution in [0.25, 0.3) is 11.1 Å². The summed E-state index contributed by atoms with van der Waals surface area (Å²) < 4.78 is 43.2. The largest absolute Gasteiger partial charge is 0.494 e. The highest BCUT2D eigenvalue weighted by Gasteiger charge is 2.60. The second kappa shape index (κ2) is 11.0. The maximum absolute atomic E-state index is 13.0. The first-order valence-corrected chi connectivity index (χ1v) is 14.4. The van der Waals surface area contributed by atoms with Gasteiger partial charge in [0.2, 0.25) is 5.88 Å². The molecule has 0 spiro atoms. The molecule has 2 heterocycles. The molecular weight excluding hydrogens is 526 g/mol. The third-order valence-corrected chi connectivity index (χ3v) is 8.45. The number of ether oxygens (including phenoxy) is 3. The lowest BCUT2D eigenvalue weighted by Crippen LogP contribution is -2.56. The molecule has 0 unspecified atom stereocenters. The Kier molecular flexibility index (Phi) is 7.45. The maximum Gasteiger partial charge on any atom is 0.309 e. The average Bonchev–Trinajstić information content (AvgIpc) is 3.50. The molecule has 2 aromatic carbocycles. The van der Waals surface area contributed by atoms with Crippen LogP contribution < -0.4 is 9.47 Å². The van der Waals surface area contributed by atoms with Crippen molar-refractivity contribution in [2.75, 3.05) is 32.8 Å². The fourth-order valence-corrected chi connectivity index (χ4v) is 6.59. The van der Waals surface area contributed by atoms with Gasteiger partial charge in [-0.3, -0.25) is 9.69 Å². The molecule has 1 aromatic heterocycles. The van der Waals surface area contributed by atoms with E-state index < -0.39 is 5.92 Å². The molecule has 216 valence electrons. The second-order valence-corrected chi connectivity index (χ2v) is 11.6. The normalized spacial score (nSPS) is 21.9. The van der Waals surface area contributed by atoms with Crippen molar-refractivity contribution in [2.24, 2.45) is 11.8 Å². The highest BCUT2D eigenvalue weighted by molar-refractivity contribution is 5.79. The van der Waals surface area contributed by atoms with Gasteiger partial charge in [-0.15, -0.1) is 0 Å². The van der Waals surface area contributed by atoms with E-state index in [1.807, 2.05) is 43.5 Å². The van der Waals surface area contributed by atoms with Gasteiger partial charge in [0.15, 0.2) is 0 Å². The van der Waals surface area contributed by atoms with Gasteiger partial charge >= 0.3 is 5.97 Å². The van der Waals surface area contributed by atoms with Gasteiger partial charge in [0.25, 0.3) is 5.92 Å². The number of benzene rings is 2. The molecule has 0 bridgehead atoms. The van der Waals surface area contributed by atoms with Gasteiger partial charge in [0.1, 0.15) is 12.4 Å². The number of rotatable bonds is 11. The van der Waals surface area contributed by atoms with Gasteiger partial charge in [0, 0.05) is 24.7 Å². The van der Waals surface area contributed by atoms with E-state index in [0.29, 0.717) is 44.6 Å². The molecule has 2 aliphatic carbocycles. The number of hydrogen-bond acceptors (Lipinski definition) is 6. The first-order chi connectivity index (χ1) is 19.7. The molecule has 3 aliphatic rings. The topological polar surface area (TPSA) is 60.9 Å². The molecule has 1 aliphatic heterocycles. The minimum absolute atomic E-state index is 0.0141. The summed E-state index contributed by atoms with van der Waals surface area (Å²) >= 11 is 0. The zero-order valence-electron chi connectivity index (χ0n) is 23.8. The number of alkyl halides is 2. The number of fused-ring (bicyclic) bond motifs is 3. The summed E-state index contributed by atoms with van der Waals surface area (Å²) in [6, 6.07) is 14.4. The number of nitrogens with zero attached hydrogens (tertiary/aromatic N) is 2. The Hall–Kier alpha value is -3.52. The monoisotopic (exact) mass is 562 g/mol. The number of aryl methyl sites for hydroxylation is 2. The van der Waals surface area contributed by atoms with Gasteiger partial charge < -0.3 is 14.2 Å². The Bertz CT molecular complexity index is 1430. The van der Waals surface area contributed by atoms with Crippen molar-refractivity contribution in [2.45, 2.75) is 52.1 Å². The van der Waals surface area contributed by atoms with Crippen LogP contribution in [0.15, 0.2) is 48.7 Å². The Morgan fingerprint density at radius 1 is 1.10 bits per heavy atom. The van der Waals surface area contributed by atoms with E-state index in [1.165, 1.54) is 5.56 Å². The molecule has 2 fully saturated rings. The standard InChI is InChI=1S/C33H36F2N2O4/c1-4-39-32(38)31-26-14-24-15-28(36-16-27(24)30(26)31)41-17-22-7-5-8-23(13-22)29-20(2)11-25(12-21(29)3)40-10-6-9-37-18-33(34,35)19-37/h5,7-8,11-13,15-16,26,30-31H,4,6,9-10,14,17-19H2,1-3H3/t26-,30-,31+/m1/s1. The third-order valence-electron chi connectivity index (χ3n) is 8.45. The fourth-order valence-electron chi connectivity index (χ4n) is 6.59. The van der Waals surface area contributed by atoms with Gasteiger partial charge in [0.05, 0.1) is 32.2 Å². The molecule has 3 aromatic rings. The van der Waals surface area contributed by atoms with Crippen molar-refractivity contribution in [3.8, 4) is 22.8 Å². The molecule has 41 heavy (non-hydrogen) atoms. The van der Waals surface area contributed by atoms with Crippen molar-refractivity contribution >= 4 is 5.97 Å². The number of likely N-dealkylation sites (tertiary alicyclic amines) is 1. The number of hydrogen-bond donors (Lipinski definition) is 0. The van der Waals surface area contributed by atoms with Gasteiger partial charge in [-0.05, 0) is 96.7 Å². The Morgan fingerprint density at radius 2 is 1.88 bits per heavy atom. The summed E-state index contributed by atoms with van der Waals surface area (Å²) in [5.41, 5.74) is 7.91. The van der Waals surface area contributed by atoms with Crippen LogP contribution in [-0.2, 0) is 22.6 Å². The Labute approximate surface area is 239 Å². The van der Waals surface area contributed by atoms with E-state index in [9.17, 15) is 13.6 Å². The molecule has 8 heteroatoms. The van der Waals surface area contributed by atoms with Crippen LogP contribution in [0.4, 0.5) is 8.78 Å². The first kappa shape index (κ1) is 27.6. The summed E-state index contributed by atoms with van der Waals surface area (Å²) in [5.74, 6) is -0.652. The molecule has 0 radical (unpaired) electrons. The summed E-state index contributed by atoms with van der Waals surface area (Å²) in [4.78, 5) is 18.4. The van der Waals surface area contributed by atoms with Crippen LogP contribution in [0.5, 0.6) is 11.6 Å². The summed E-state index contributed by atoms with van der Waals surface area (Å²) in [6.07, 6.45) is 3.45. The van der Waals surface area contributed by atoms with Crippen LogP contribution in [0.3, 0.4) is 0 Å². The van der Waals surface area contributed by atoms with E-state index in [1.54, 1.807) is 4.90 Å². The van der Waals surface area contributed by atoms with Crippen molar-refractivity contribution in [1.29, 1.82) is 0 Å². The number of esters is 1. The zero-order valence-corrected chi connectivity index (χ0v) is 23.8. The third kappa shape index (κ3) is 5.80. The van der Waals surface area contributed by atoms with E-state index in [-0.39, 0.29) is 30.9 Å². The first-order valence-electron chi connectivity index (χ1n) is 14.4. The number of carbonyl (C=O) groups is 1. The summed E-state index contributed by atoms with van der Waals surface area (Å²) in [5, 5.41) is 0. The van der Waals surface area contributed by atoms with Crippen LogP contribution in [-0.4, -0.2) is 54.6 Å². The van der Waals surface area contributed by atoms with Crippen LogP contribution in [0.2, 0.25) is 0 Å². The predicted molar refractivity (Wildman–Crippen MR) is 151 cm³/mol. The fraction of sp³-hybridized carbons (Fsp3) is 0.455. The van der Waals surface area contributed by atoms with Crippen molar-refractivity contribution in [3.63, 3.8) is 0 Å². The molecule has 6 nitrogen and oxygen atoms in total. The SMILES string of the molecule is CCOC(=O)[C@H]1[C@@H]2Cc3cc(OCc4cccc(-c5c(C)cc(OCCCN6CC(F)(F)C6)cc5C)c4)ncc3[C@@H]21. The molecule has 1 saturated carbocycles. The molecular formula is C33H36F2N2O4. The molecule has 6 rings (SSSR count). The van der Waals surface area contributed by atoms with Crippen LogP contribution in [0, 0.1) is 25.7 Å². The van der Waals surface area contributed by atoms with E-state index >= 15 is 0 Å². The lowest BCUT2D eigenvalue weighted by atomic mass is 9.94. The zero-order chi connectivity index (χ0) is 28.7. The summed E-state index contributed by atoms with van der Waals surface area (Å²) in [6.45, 7) is 7.64. The highest BCUT2D eigenvalue weighted by atomic mass is 19.3. The quantitative estimate of drug-likeness (QED) is 0.208. The minimum Gasteiger partial charge on any atom is -0.494 e.